The van der Waals surface area contributed by atoms with Crippen LogP contribution in [0.2, 0.25) is 0 Å². The van der Waals surface area contributed by atoms with Gasteiger partial charge in [-0.1, -0.05) is 19.8 Å². The second-order valence-electron chi connectivity index (χ2n) is 5.77. The maximum Gasteiger partial charge on any atom is 0.303 e. The Morgan fingerprint density at radius 3 is 2.82 bits per heavy atom. The Bertz CT molecular complexity index is 267. The molecular weight excluding hydrogens is 214 g/mol. The summed E-state index contributed by atoms with van der Waals surface area (Å²) in [6, 6.07) is 0.747. The van der Waals surface area contributed by atoms with Crippen LogP contribution in [-0.2, 0) is 4.79 Å². The summed E-state index contributed by atoms with van der Waals surface area (Å²) in [5.74, 6) is 0.619. The number of nitrogens with zero attached hydrogens (tertiary/aromatic N) is 1. The minimum absolute atomic E-state index is 0.361. The third-order valence-corrected chi connectivity index (χ3v) is 4.63. The van der Waals surface area contributed by atoms with E-state index in [1.54, 1.807) is 0 Å². The fourth-order valence-electron chi connectivity index (χ4n) is 3.79. The van der Waals surface area contributed by atoms with Crippen LogP contribution in [0.3, 0.4) is 0 Å². The summed E-state index contributed by atoms with van der Waals surface area (Å²) >= 11 is 0. The highest BCUT2D eigenvalue weighted by Crippen LogP contribution is 2.34. The quantitative estimate of drug-likeness (QED) is 0.820. The van der Waals surface area contributed by atoms with E-state index in [0.717, 1.165) is 24.9 Å². The number of piperidine rings is 1. The zero-order valence-electron chi connectivity index (χ0n) is 10.9. The first kappa shape index (κ1) is 12.9. The lowest BCUT2D eigenvalue weighted by Crippen LogP contribution is -2.44. The fraction of sp³-hybridized carbons (Fsp3) is 0.929. The molecular formula is C14H25NO2. The molecule has 3 atom stereocenters. The van der Waals surface area contributed by atoms with E-state index in [2.05, 4.69) is 11.8 Å². The molecule has 3 nitrogen and oxygen atoms in total. The Kier molecular flexibility index (Phi) is 4.43. The molecule has 17 heavy (non-hydrogen) atoms. The normalized spacial score (nSPS) is 35.0. The third-order valence-electron chi connectivity index (χ3n) is 4.63. The highest BCUT2D eigenvalue weighted by atomic mass is 16.4. The Morgan fingerprint density at radius 1 is 1.29 bits per heavy atom. The smallest absolute Gasteiger partial charge is 0.303 e. The second-order valence-corrected chi connectivity index (χ2v) is 5.77. The van der Waals surface area contributed by atoms with Crippen molar-refractivity contribution >= 4 is 5.97 Å². The molecule has 98 valence electrons. The van der Waals surface area contributed by atoms with E-state index in [-0.39, 0.29) is 0 Å². The van der Waals surface area contributed by atoms with Gasteiger partial charge in [0.1, 0.15) is 0 Å². The monoisotopic (exact) mass is 239 g/mol. The van der Waals surface area contributed by atoms with Gasteiger partial charge in [-0.25, -0.2) is 0 Å². The van der Waals surface area contributed by atoms with Gasteiger partial charge in [0.25, 0.3) is 0 Å². The predicted octanol–water partition coefficient (Wildman–Crippen LogP) is 2.75. The molecule has 1 saturated carbocycles. The molecule has 1 aliphatic carbocycles. The number of carboxylic acid groups (broad SMARTS) is 1. The van der Waals surface area contributed by atoms with E-state index in [4.69, 9.17) is 5.11 Å². The minimum Gasteiger partial charge on any atom is -0.481 e. The van der Waals surface area contributed by atoms with E-state index in [1.165, 1.54) is 38.6 Å². The molecule has 0 amide bonds. The van der Waals surface area contributed by atoms with Crippen molar-refractivity contribution in [3.05, 3.63) is 0 Å². The summed E-state index contributed by atoms with van der Waals surface area (Å²) in [6.07, 6.45) is 8.00. The van der Waals surface area contributed by atoms with Crippen LogP contribution >= 0.6 is 0 Å². The molecule has 1 N–H and O–H groups in total. The van der Waals surface area contributed by atoms with Crippen molar-refractivity contribution in [3.8, 4) is 0 Å². The predicted molar refractivity (Wildman–Crippen MR) is 68.0 cm³/mol. The number of hydrogen-bond acceptors (Lipinski definition) is 2. The average Bonchev–Trinajstić information content (AvgIpc) is 2.76. The van der Waals surface area contributed by atoms with Crippen LogP contribution in [0.25, 0.3) is 0 Å². The lowest BCUT2D eigenvalue weighted by atomic mass is 9.91. The van der Waals surface area contributed by atoms with E-state index >= 15 is 0 Å². The summed E-state index contributed by atoms with van der Waals surface area (Å²) < 4.78 is 0. The van der Waals surface area contributed by atoms with Gasteiger partial charge in [0.15, 0.2) is 0 Å². The van der Waals surface area contributed by atoms with Gasteiger partial charge in [-0.05, 0) is 44.1 Å². The van der Waals surface area contributed by atoms with E-state index in [9.17, 15) is 4.79 Å². The average molecular weight is 239 g/mol. The van der Waals surface area contributed by atoms with Gasteiger partial charge < -0.3 is 5.11 Å². The van der Waals surface area contributed by atoms with Gasteiger partial charge in [0.05, 0.1) is 0 Å². The Balaban J connectivity index is 1.90. The zero-order chi connectivity index (χ0) is 12.3. The Labute approximate surface area is 104 Å². The lowest BCUT2D eigenvalue weighted by Gasteiger charge is -2.38. The highest BCUT2D eigenvalue weighted by molar-refractivity contribution is 5.67. The molecule has 3 unspecified atom stereocenters. The molecule has 0 spiro atoms. The number of hydrogen-bond donors (Lipinski definition) is 1. The van der Waals surface area contributed by atoms with Crippen molar-refractivity contribution in [3.63, 3.8) is 0 Å². The van der Waals surface area contributed by atoms with E-state index in [1.807, 2.05) is 0 Å². The number of carbonyl (C=O) groups is 1. The molecule has 1 saturated heterocycles. The number of aliphatic carboxylic acids is 1. The number of carboxylic acids is 1. The van der Waals surface area contributed by atoms with Crippen LogP contribution in [0, 0.1) is 11.8 Å². The molecule has 0 aromatic heterocycles. The fourth-order valence-corrected chi connectivity index (χ4v) is 3.79. The molecule has 1 heterocycles. The zero-order valence-corrected chi connectivity index (χ0v) is 10.9. The molecule has 0 aromatic carbocycles. The Morgan fingerprint density at radius 2 is 2.12 bits per heavy atom. The van der Waals surface area contributed by atoms with Crippen LogP contribution in [0.15, 0.2) is 0 Å². The summed E-state index contributed by atoms with van der Waals surface area (Å²) in [5.41, 5.74) is 0. The molecule has 0 bridgehead atoms. The van der Waals surface area contributed by atoms with Crippen LogP contribution in [-0.4, -0.2) is 35.1 Å². The van der Waals surface area contributed by atoms with Crippen molar-refractivity contribution in [2.75, 3.05) is 13.1 Å². The molecule has 2 fully saturated rings. The van der Waals surface area contributed by atoms with Crippen LogP contribution < -0.4 is 0 Å². The van der Waals surface area contributed by atoms with Gasteiger partial charge in [-0.3, -0.25) is 9.69 Å². The summed E-state index contributed by atoms with van der Waals surface area (Å²) in [7, 11) is 0. The maximum absolute atomic E-state index is 10.8. The molecule has 1 aliphatic heterocycles. The first-order valence-corrected chi connectivity index (χ1v) is 7.16. The summed E-state index contributed by atoms with van der Waals surface area (Å²) in [6.45, 7) is 4.51. The third kappa shape index (κ3) is 3.21. The minimum atomic E-state index is -0.629. The first-order chi connectivity index (χ1) is 8.20. The molecule has 3 heteroatoms. The SMILES string of the molecule is CCC1CCCC1N1CCCC(CC(=O)O)C1. The van der Waals surface area contributed by atoms with Gasteiger partial charge in [-0.15, -0.1) is 0 Å². The number of rotatable bonds is 4. The van der Waals surface area contributed by atoms with E-state index in [0.29, 0.717) is 12.3 Å². The summed E-state index contributed by atoms with van der Waals surface area (Å²) in [4.78, 5) is 13.4. The molecule has 0 radical (unpaired) electrons. The highest BCUT2D eigenvalue weighted by Gasteiger charge is 2.33. The van der Waals surface area contributed by atoms with Crippen LogP contribution in [0.1, 0.15) is 51.9 Å². The van der Waals surface area contributed by atoms with Crippen LogP contribution in [0.5, 0.6) is 0 Å². The molecule has 0 aromatic rings. The second kappa shape index (κ2) is 5.85. The van der Waals surface area contributed by atoms with Crippen molar-refractivity contribution in [2.45, 2.75) is 57.9 Å². The topological polar surface area (TPSA) is 40.5 Å². The first-order valence-electron chi connectivity index (χ1n) is 7.16. The van der Waals surface area contributed by atoms with Crippen molar-refractivity contribution < 1.29 is 9.90 Å². The van der Waals surface area contributed by atoms with E-state index < -0.39 is 5.97 Å². The lowest BCUT2D eigenvalue weighted by molar-refractivity contribution is -0.138. The molecule has 2 aliphatic rings. The van der Waals surface area contributed by atoms with Gasteiger partial charge in [-0.2, -0.15) is 0 Å². The Hall–Kier alpha value is -0.570. The van der Waals surface area contributed by atoms with Gasteiger partial charge >= 0.3 is 5.97 Å². The largest absolute Gasteiger partial charge is 0.481 e. The molecule has 2 rings (SSSR count). The van der Waals surface area contributed by atoms with Crippen molar-refractivity contribution in [1.29, 1.82) is 0 Å². The van der Waals surface area contributed by atoms with Gasteiger partial charge in [0, 0.05) is 19.0 Å². The van der Waals surface area contributed by atoms with Crippen molar-refractivity contribution in [2.24, 2.45) is 11.8 Å². The van der Waals surface area contributed by atoms with Crippen LogP contribution in [0.4, 0.5) is 0 Å². The summed E-state index contributed by atoms with van der Waals surface area (Å²) in [5, 5.41) is 8.90. The maximum atomic E-state index is 10.8. The van der Waals surface area contributed by atoms with Crippen molar-refractivity contribution in [1.82, 2.24) is 4.90 Å². The standard InChI is InChI=1S/C14H25NO2/c1-2-12-6-3-7-13(12)15-8-4-5-11(10-15)9-14(16)17/h11-13H,2-10H2,1H3,(H,16,17). The number of likely N-dealkylation sites (tertiary alicyclic amines) is 1. The van der Waals surface area contributed by atoms with Gasteiger partial charge in [0.2, 0.25) is 0 Å².